The fourth-order valence-electron chi connectivity index (χ4n) is 1.66. The third-order valence-electron chi connectivity index (χ3n) is 2.57. The van der Waals surface area contributed by atoms with Gasteiger partial charge in [-0.15, -0.1) is 0 Å². The Balaban J connectivity index is 2.46. The summed E-state index contributed by atoms with van der Waals surface area (Å²) in [5, 5.41) is 12.9. The van der Waals surface area contributed by atoms with Crippen LogP contribution in [0.4, 0.5) is 4.39 Å². The fourth-order valence-corrected chi connectivity index (χ4v) is 1.66. The minimum Gasteiger partial charge on any atom is -0.391 e. The lowest BCUT2D eigenvalue weighted by molar-refractivity contribution is 0.172. The number of aliphatic hydroxyl groups is 1. The van der Waals surface area contributed by atoms with Crippen molar-refractivity contribution in [2.45, 2.75) is 32.8 Å². The van der Waals surface area contributed by atoms with Gasteiger partial charge in [-0.05, 0) is 49.6 Å². The Kier molecular flexibility index (Phi) is 5.43. The van der Waals surface area contributed by atoms with Gasteiger partial charge in [0, 0.05) is 6.54 Å². The third kappa shape index (κ3) is 4.29. The van der Waals surface area contributed by atoms with E-state index < -0.39 is 6.10 Å². The van der Waals surface area contributed by atoms with Crippen molar-refractivity contribution in [3.63, 3.8) is 0 Å². The van der Waals surface area contributed by atoms with Crippen LogP contribution in [0, 0.1) is 12.7 Å². The molecule has 2 N–H and O–H groups in total. The van der Waals surface area contributed by atoms with E-state index in [-0.39, 0.29) is 5.82 Å². The molecular formula is C13H20FNO. The van der Waals surface area contributed by atoms with Gasteiger partial charge in [-0.1, -0.05) is 13.0 Å². The molecule has 3 heteroatoms. The van der Waals surface area contributed by atoms with Crippen molar-refractivity contribution in [2.24, 2.45) is 0 Å². The zero-order chi connectivity index (χ0) is 12.0. The standard InChI is InChI=1S/C13H20FNO/c1-3-6-15-9-13(16)8-11-4-5-12(14)7-10(11)2/h4-5,7,13,15-16H,3,6,8-9H2,1-2H3. The van der Waals surface area contributed by atoms with E-state index >= 15 is 0 Å². The first-order valence-corrected chi connectivity index (χ1v) is 5.77. The van der Waals surface area contributed by atoms with E-state index in [0.29, 0.717) is 13.0 Å². The molecule has 0 bridgehead atoms. The SMILES string of the molecule is CCCNCC(O)Cc1ccc(F)cc1C. The largest absolute Gasteiger partial charge is 0.391 e. The number of hydrogen-bond acceptors (Lipinski definition) is 2. The van der Waals surface area contributed by atoms with E-state index in [4.69, 9.17) is 0 Å². The average Bonchev–Trinajstić information content (AvgIpc) is 2.23. The van der Waals surface area contributed by atoms with Gasteiger partial charge in [-0.2, -0.15) is 0 Å². The molecule has 1 aromatic rings. The van der Waals surface area contributed by atoms with Crippen LogP contribution in [0.5, 0.6) is 0 Å². The quantitative estimate of drug-likeness (QED) is 0.726. The third-order valence-corrected chi connectivity index (χ3v) is 2.57. The molecule has 0 saturated heterocycles. The summed E-state index contributed by atoms with van der Waals surface area (Å²) in [6.07, 6.45) is 1.22. The molecule has 2 nitrogen and oxygen atoms in total. The highest BCUT2D eigenvalue weighted by Crippen LogP contribution is 2.12. The van der Waals surface area contributed by atoms with E-state index in [1.165, 1.54) is 12.1 Å². The molecule has 0 radical (unpaired) electrons. The Labute approximate surface area is 96.5 Å². The second-order valence-corrected chi connectivity index (χ2v) is 4.13. The molecule has 0 saturated carbocycles. The van der Waals surface area contributed by atoms with Gasteiger partial charge in [0.05, 0.1) is 6.10 Å². The summed E-state index contributed by atoms with van der Waals surface area (Å²) in [4.78, 5) is 0. The van der Waals surface area contributed by atoms with Gasteiger partial charge >= 0.3 is 0 Å². The van der Waals surface area contributed by atoms with Crippen molar-refractivity contribution in [1.29, 1.82) is 0 Å². The zero-order valence-electron chi connectivity index (χ0n) is 9.96. The fraction of sp³-hybridized carbons (Fsp3) is 0.538. The lowest BCUT2D eigenvalue weighted by atomic mass is 10.0. The molecule has 0 aromatic heterocycles. The molecule has 1 aromatic carbocycles. The molecule has 16 heavy (non-hydrogen) atoms. The number of aliphatic hydroxyl groups excluding tert-OH is 1. The van der Waals surface area contributed by atoms with Crippen LogP contribution < -0.4 is 5.32 Å². The minimum absolute atomic E-state index is 0.222. The highest BCUT2D eigenvalue weighted by Gasteiger charge is 2.07. The van der Waals surface area contributed by atoms with Gasteiger partial charge in [-0.25, -0.2) is 4.39 Å². The van der Waals surface area contributed by atoms with Crippen LogP contribution in [-0.2, 0) is 6.42 Å². The second kappa shape index (κ2) is 6.61. The van der Waals surface area contributed by atoms with Crippen LogP contribution >= 0.6 is 0 Å². The molecule has 0 spiro atoms. The molecule has 0 aliphatic rings. The number of halogens is 1. The summed E-state index contributed by atoms with van der Waals surface area (Å²) in [5.41, 5.74) is 1.90. The first kappa shape index (κ1) is 13.1. The van der Waals surface area contributed by atoms with Gasteiger partial charge in [0.1, 0.15) is 5.82 Å². The van der Waals surface area contributed by atoms with E-state index in [9.17, 15) is 9.50 Å². The molecule has 0 amide bonds. The zero-order valence-corrected chi connectivity index (χ0v) is 9.96. The van der Waals surface area contributed by atoms with Gasteiger partial charge in [0.25, 0.3) is 0 Å². The molecule has 0 aliphatic carbocycles. The Morgan fingerprint density at radius 3 is 2.81 bits per heavy atom. The van der Waals surface area contributed by atoms with Crippen molar-refractivity contribution in [2.75, 3.05) is 13.1 Å². The van der Waals surface area contributed by atoms with Crippen LogP contribution in [0.2, 0.25) is 0 Å². The number of nitrogens with one attached hydrogen (secondary N) is 1. The van der Waals surface area contributed by atoms with Crippen LogP contribution in [0.15, 0.2) is 18.2 Å². The number of rotatable bonds is 6. The summed E-state index contributed by atoms with van der Waals surface area (Å²) >= 11 is 0. The van der Waals surface area contributed by atoms with Crippen molar-refractivity contribution in [1.82, 2.24) is 5.32 Å². The maximum Gasteiger partial charge on any atom is 0.123 e. The lowest BCUT2D eigenvalue weighted by Crippen LogP contribution is -2.29. The van der Waals surface area contributed by atoms with E-state index in [1.54, 1.807) is 6.07 Å². The number of benzene rings is 1. The maximum absolute atomic E-state index is 12.9. The lowest BCUT2D eigenvalue weighted by Gasteiger charge is -2.13. The van der Waals surface area contributed by atoms with Crippen molar-refractivity contribution in [3.8, 4) is 0 Å². The van der Waals surface area contributed by atoms with Gasteiger partial charge < -0.3 is 10.4 Å². The van der Waals surface area contributed by atoms with Gasteiger partial charge in [0.15, 0.2) is 0 Å². The smallest absolute Gasteiger partial charge is 0.123 e. The maximum atomic E-state index is 12.9. The minimum atomic E-state index is -0.407. The predicted molar refractivity (Wildman–Crippen MR) is 64.0 cm³/mol. The molecule has 1 rings (SSSR count). The number of hydrogen-bond donors (Lipinski definition) is 2. The van der Waals surface area contributed by atoms with Crippen molar-refractivity contribution >= 4 is 0 Å². The van der Waals surface area contributed by atoms with Crippen molar-refractivity contribution in [3.05, 3.63) is 35.1 Å². The Hall–Kier alpha value is -0.930. The first-order chi connectivity index (χ1) is 7.63. The first-order valence-electron chi connectivity index (χ1n) is 5.77. The van der Waals surface area contributed by atoms with Gasteiger partial charge in [0.2, 0.25) is 0 Å². The average molecular weight is 225 g/mol. The summed E-state index contributed by atoms with van der Waals surface area (Å²) < 4.78 is 12.9. The van der Waals surface area contributed by atoms with E-state index in [0.717, 1.165) is 24.1 Å². The number of aryl methyl sites for hydroxylation is 1. The normalized spacial score (nSPS) is 12.8. The molecule has 0 aliphatic heterocycles. The summed E-state index contributed by atoms with van der Waals surface area (Å²) in [6.45, 7) is 5.46. The van der Waals surface area contributed by atoms with E-state index in [1.807, 2.05) is 6.92 Å². The van der Waals surface area contributed by atoms with Gasteiger partial charge in [-0.3, -0.25) is 0 Å². The second-order valence-electron chi connectivity index (χ2n) is 4.13. The topological polar surface area (TPSA) is 32.3 Å². The molecular weight excluding hydrogens is 205 g/mol. The Morgan fingerprint density at radius 1 is 1.44 bits per heavy atom. The van der Waals surface area contributed by atoms with Crippen LogP contribution in [0.3, 0.4) is 0 Å². The highest BCUT2D eigenvalue weighted by atomic mass is 19.1. The predicted octanol–water partition coefficient (Wildman–Crippen LogP) is 2.04. The van der Waals surface area contributed by atoms with Crippen LogP contribution in [0.1, 0.15) is 24.5 Å². The molecule has 0 heterocycles. The summed E-state index contributed by atoms with van der Waals surface area (Å²) in [6, 6.07) is 4.68. The highest BCUT2D eigenvalue weighted by molar-refractivity contribution is 5.27. The summed E-state index contributed by atoms with van der Waals surface area (Å²) in [7, 11) is 0. The molecule has 1 unspecified atom stereocenters. The van der Waals surface area contributed by atoms with E-state index in [2.05, 4.69) is 12.2 Å². The Morgan fingerprint density at radius 2 is 2.19 bits per heavy atom. The van der Waals surface area contributed by atoms with Crippen molar-refractivity contribution < 1.29 is 9.50 Å². The Bertz CT molecular complexity index is 328. The molecule has 1 atom stereocenters. The molecule has 0 fully saturated rings. The van der Waals surface area contributed by atoms with Crippen LogP contribution in [-0.4, -0.2) is 24.3 Å². The van der Waals surface area contributed by atoms with Crippen LogP contribution in [0.25, 0.3) is 0 Å². The molecule has 90 valence electrons. The monoisotopic (exact) mass is 225 g/mol. The summed E-state index contributed by atoms with van der Waals surface area (Å²) in [5.74, 6) is -0.222.